The van der Waals surface area contributed by atoms with Crippen molar-refractivity contribution >= 4 is 0 Å². The van der Waals surface area contributed by atoms with Crippen molar-refractivity contribution in [1.82, 2.24) is 0 Å². The number of ether oxygens (including phenoxy) is 1. The lowest BCUT2D eigenvalue weighted by atomic mass is 10.00. The van der Waals surface area contributed by atoms with Crippen molar-refractivity contribution in [2.24, 2.45) is 5.92 Å². The highest BCUT2D eigenvalue weighted by Gasteiger charge is 2.38. The first-order chi connectivity index (χ1) is 8.06. The van der Waals surface area contributed by atoms with E-state index in [9.17, 15) is 18.3 Å². The van der Waals surface area contributed by atoms with E-state index in [1.807, 2.05) is 0 Å². The van der Waals surface area contributed by atoms with Gasteiger partial charge in [0.2, 0.25) is 0 Å². The van der Waals surface area contributed by atoms with Crippen LogP contribution < -0.4 is 0 Å². The van der Waals surface area contributed by atoms with E-state index in [0.29, 0.717) is 0 Å². The third-order valence-electron chi connectivity index (χ3n) is 3.05. The van der Waals surface area contributed by atoms with Gasteiger partial charge < -0.3 is 9.84 Å². The largest absolute Gasteiger partial charge is 0.386 e. The number of aliphatic hydroxyl groups is 1. The first-order valence-electron chi connectivity index (χ1n) is 5.40. The standard InChI is InChI=1S/C12H13F3O2/c1-17-12(6-2-3-6)11(16)7-4-5-8(13)10(15)9(7)14/h4-6,11-12,16H,2-3H2,1H3. The number of benzene rings is 1. The summed E-state index contributed by atoms with van der Waals surface area (Å²) in [6.07, 6.45) is -0.0705. The molecule has 0 spiro atoms. The lowest BCUT2D eigenvalue weighted by Gasteiger charge is -2.22. The van der Waals surface area contributed by atoms with Crippen molar-refractivity contribution in [2.75, 3.05) is 7.11 Å². The molecule has 1 aromatic carbocycles. The second-order valence-corrected chi connectivity index (χ2v) is 4.25. The molecule has 1 N–H and O–H groups in total. The second kappa shape index (κ2) is 4.66. The molecule has 17 heavy (non-hydrogen) atoms. The maximum Gasteiger partial charge on any atom is 0.194 e. The number of rotatable bonds is 4. The lowest BCUT2D eigenvalue weighted by Crippen LogP contribution is -2.24. The predicted molar refractivity (Wildman–Crippen MR) is 54.8 cm³/mol. The molecule has 2 rings (SSSR count). The maximum absolute atomic E-state index is 13.5. The fraction of sp³-hybridized carbons (Fsp3) is 0.500. The summed E-state index contributed by atoms with van der Waals surface area (Å²) in [5, 5.41) is 9.93. The van der Waals surface area contributed by atoms with Crippen LogP contribution in [0.2, 0.25) is 0 Å². The highest BCUT2D eigenvalue weighted by atomic mass is 19.2. The van der Waals surface area contributed by atoms with Gasteiger partial charge in [-0.25, -0.2) is 13.2 Å². The minimum atomic E-state index is -1.56. The van der Waals surface area contributed by atoms with Crippen LogP contribution in [0.15, 0.2) is 12.1 Å². The van der Waals surface area contributed by atoms with Gasteiger partial charge in [0.25, 0.3) is 0 Å². The Hall–Kier alpha value is -1.07. The van der Waals surface area contributed by atoms with Crippen LogP contribution in [-0.2, 0) is 4.74 Å². The Morgan fingerprint density at radius 3 is 2.41 bits per heavy atom. The Bertz CT molecular complexity index is 418. The van der Waals surface area contributed by atoms with Crippen LogP contribution in [0.25, 0.3) is 0 Å². The van der Waals surface area contributed by atoms with Crippen molar-refractivity contribution in [2.45, 2.75) is 25.0 Å². The summed E-state index contributed by atoms with van der Waals surface area (Å²) in [4.78, 5) is 0. The summed E-state index contributed by atoms with van der Waals surface area (Å²) in [5.41, 5.74) is -0.261. The van der Waals surface area contributed by atoms with Gasteiger partial charge in [-0.2, -0.15) is 0 Å². The molecule has 1 aliphatic carbocycles. The van der Waals surface area contributed by atoms with Crippen LogP contribution >= 0.6 is 0 Å². The average Bonchev–Trinajstić information content (AvgIpc) is 3.11. The molecule has 0 heterocycles. The highest BCUT2D eigenvalue weighted by molar-refractivity contribution is 5.23. The molecule has 2 atom stereocenters. The lowest BCUT2D eigenvalue weighted by molar-refractivity contribution is -0.0277. The van der Waals surface area contributed by atoms with Gasteiger partial charge in [0.15, 0.2) is 17.5 Å². The minimum absolute atomic E-state index is 0.155. The molecular weight excluding hydrogens is 233 g/mol. The molecule has 2 unspecified atom stereocenters. The topological polar surface area (TPSA) is 29.5 Å². The van der Waals surface area contributed by atoms with E-state index in [4.69, 9.17) is 4.74 Å². The van der Waals surface area contributed by atoms with E-state index in [2.05, 4.69) is 0 Å². The first kappa shape index (κ1) is 12.4. The number of hydrogen-bond acceptors (Lipinski definition) is 2. The van der Waals surface area contributed by atoms with Gasteiger partial charge in [-0.15, -0.1) is 0 Å². The van der Waals surface area contributed by atoms with Crippen LogP contribution in [0.4, 0.5) is 13.2 Å². The van der Waals surface area contributed by atoms with Gasteiger partial charge in [-0.3, -0.25) is 0 Å². The highest BCUT2D eigenvalue weighted by Crippen LogP contribution is 2.40. The summed E-state index contributed by atoms with van der Waals surface area (Å²) in [5.74, 6) is -4.02. The van der Waals surface area contributed by atoms with Gasteiger partial charge in [0.1, 0.15) is 6.10 Å². The normalized spacial score (nSPS) is 19.1. The van der Waals surface area contributed by atoms with Gasteiger partial charge in [0, 0.05) is 12.7 Å². The predicted octanol–water partition coefficient (Wildman–Crippen LogP) is 2.56. The van der Waals surface area contributed by atoms with Gasteiger partial charge >= 0.3 is 0 Å². The van der Waals surface area contributed by atoms with Crippen LogP contribution in [0.1, 0.15) is 24.5 Å². The third kappa shape index (κ3) is 2.30. The minimum Gasteiger partial charge on any atom is -0.386 e. The fourth-order valence-corrected chi connectivity index (χ4v) is 1.95. The summed E-state index contributed by atoms with van der Waals surface area (Å²) in [6, 6.07) is 1.85. The average molecular weight is 246 g/mol. The Kier molecular flexibility index (Phi) is 3.40. The molecule has 0 bridgehead atoms. The molecular formula is C12H13F3O2. The Balaban J connectivity index is 2.29. The molecule has 0 aromatic heterocycles. The zero-order chi connectivity index (χ0) is 12.6. The molecule has 2 nitrogen and oxygen atoms in total. The SMILES string of the molecule is COC(C1CC1)C(O)c1ccc(F)c(F)c1F. The zero-order valence-corrected chi connectivity index (χ0v) is 9.29. The molecule has 94 valence electrons. The molecule has 0 amide bonds. The molecule has 1 fully saturated rings. The molecule has 0 aliphatic heterocycles. The summed E-state index contributed by atoms with van der Waals surface area (Å²) in [6.45, 7) is 0. The van der Waals surface area contributed by atoms with E-state index in [-0.39, 0.29) is 11.5 Å². The van der Waals surface area contributed by atoms with E-state index in [1.54, 1.807) is 0 Å². The quantitative estimate of drug-likeness (QED) is 0.827. The van der Waals surface area contributed by atoms with E-state index in [0.717, 1.165) is 25.0 Å². The van der Waals surface area contributed by atoms with Crippen LogP contribution in [0, 0.1) is 23.4 Å². The smallest absolute Gasteiger partial charge is 0.194 e. The number of halogens is 3. The molecule has 0 saturated heterocycles. The monoisotopic (exact) mass is 246 g/mol. The second-order valence-electron chi connectivity index (χ2n) is 4.25. The van der Waals surface area contributed by atoms with Crippen LogP contribution in [0.3, 0.4) is 0 Å². The van der Waals surface area contributed by atoms with Crippen molar-refractivity contribution < 1.29 is 23.0 Å². The molecule has 1 saturated carbocycles. The van der Waals surface area contributed by atoms with Crippen molar-refractivity contribution in [1.29, 1.82) is 0 Å². The van der Waals surface area contributed by atoms with Crippen molar-refractivity contribution in [3.8, 4) is 0 Å². The van der Waals surface area contributed by atoms with Crippen molar-refractivity contribution in [3.63, 3.8) is 0 Å². The van der Waals surface area contributed by atoms with Crippen molar-refractivity contribution in [3.05, 3.63) is 35.1 Å². The Morgan fingerprint density at radius 2 is 1.88 bits per heavy atom. The summed E-state index contributed by atoms with van der Waals surface area (Å²) < 4.78 is 44.3. The zero-order valence-electron chi connectivity index (χ0n) is 9.29. The van der Waals surface area contributed by atoms with Gasteiger partial charge in [0.05, 0.1) is 6.10 Å². The fourth-order valence-electron chi connectivity index (χ4n) is 1.95. The Morgan fingerprint density at radius 1 is 1.24 bits per heavy atom. The Labute approximate surface area is 97.0 Å². The molecule has 0 radical (unpaired) electrons. The summed E-state index contributed by atoms with van der Waals surface area (Å²) >= 11 is 0. The van der Waals surface area contributed by atoms with Crippen LogP contribution in [-0.4, -0.2) is 18.3 Å². The number of hydrogen-bond donors (Lipinski definition) is 1. The van der Waals surface area contributed by atoms with E-state index in [1.165, 1.54) is 7.11 Å². The summed E-state index contributed by atoms with van der Waals surface area (Å²) in [7, 11) is 1.41. The maximum atomic E-state index is 13.5. The number of methoxy groups -OCH3 is 1. The molecule has 1 aromatic rings. The molecule has 1 aliphatic rings. The first-order valence-corrected chi connectivity index (χ1v) is 5.40. The molecule has 5 heteroatoms. The number of aliphatic hydroxyl groups excluding tert-OH is 1. The van der Waals surface area contributed by atoms with Gasteiger partial charge in [-0.05, 0) is 24.8 Å². The van der Waals surface area contributed by atoms with E-state index < -0.39 is 29.7 Å². The third-order valence-corrected chi connectivity index (χ3v) is 3.05. The van der Waals surface area contributed by atoms with Crippen LogP contribution in [0.5, 0.6) is 0 Å². The van der Waals surface area contributed by atoms with E-state index >= 15 is 0 Å². The van der Waals surface area contributed by atoms with Gasteiger partial charge in [-0.1, -0.05) is 6.07 Å².